The molecule has 2 aromatic heterocycles. The van der Waals surface area contributed by atoms with Crippen LogP contribution in [0.3, 0.4) is 0 Å². The van der Waals surface area contributed by atoms with Crippen LogP contribution in [0.1, 0.15) is 51.0 Å². The van der Waals surface area contributed by atoms with Crippen molar-refractivity contribution in [2.24, 2.45) is 17.8 Å². The standard InChI is InChI=1S/C17H25NS2/c1-4-18-17(13-8-11(2)7-12(3)9-13)16-10-15-14(20-16)5-6-19-15/h5-6,10-13,17-18H,4,7-9H2,1-3H3. The summed E-state index contributed by atoms with van der Waals surface area (Å²) in [7, 11) is 0. The van der Waals surface area contributed by atoms with Crippen LogP contribution in [-0.2, 0) is 0 Å². The minimum Gasteiger partial charge on any atom is -0.309 e. The molecule has 3 rings (SSSR count). The first-order chi connectivity index (χ1) is 9.67. The Bertz CT molecular complexity index is 518. The number of fused-ring (bicyclic) bond motifs is 1. The summed E-state index contributed by atoms with van der Waals surface area (Å²) in [5.74, 6) is 2.57. The molecule has 1 N–H and O–H groups in total. The molecule has 1 saturated carbocycles. The Kier molecular flexibility index (Phi) is 4.49. The lowest BCUT2D eigenvalue weighted by Crippen LogP contribution is -2.32. The summed E-state index contributed by atoms with van der Waals surface area (Å²) in [6.45, 7) is 8.16. The van der Waals surface area contributed by atoms with E-state index in [4.69, 9.17) is 0 Å². The highest BCUT2D eigenvalue weighted by Gasteiger charge is 2.31. The van der Waals surface area contributed by atoms with Gasteiger partial charge in [0, 0.05) is 20.3 Å². The molecule has 0 aromatic carbocycles. The van der Waals surface area contributed by atoms with E-state index in [9.17, 15) is 0 Å². The second kappa shape index (κ2) is 6.17. The zero-order chi connectivity index (χ0) is 14.1. The smallest absolute Gasteiger partial charge is 0.0454 e. The molecule has 0 saturated heterocycles. The van der Waals surface area contributed by atoms with Gasteiger partial charge in [-0.1, -0.05) is 20.8 Å². The maximum atomic E-state index is 3.78. The average Bonchev–Trinajstić information content (AvgIpc) is 2.95. The van der Waals surface area contributed by atoms with Gasteiger partial charge in [-0.15, -0.1) is 22.7 Å². The molecular formula is C17H25NS2. The molecule has 3 heteroatoms. The third-order valence-corrected chi connectivity index (χ3v) is 6.75. The van der Waals surface area contributed by atoms with E-state index in [2.05, 4.69) is 43.6 Å². The highest BCUT2D eigenvalue weighted by atomic mass is 32.1. The van der Waals surface area contributed by atoms with Gasteiger partial charge in [-0.25, -0.2) is 0 Å². The van der Waals surface area contributed by atoms with Crippen molar-refractivity contribution in [3.63, 3.8) is 0 Å². The van der Waals surface area contributed by atoms with Crippen LogP contribution < -0.4 is 5.32 Å². The quantitative estimate of drug-likeness (QED) is 0.765. The molecule has 1 nitrogen and oxygen atoms in total. The van der Waals surface area contributed by atoms with Crippen LogP contribution in [0.5, 0.6) is 0 Å². The third-order valence-electron chi connectivity index (χ3n) is 4.58. The van der Waals surface area contributed by atoms with Gasteiger partial charge in [0.15, 0.2) is 0 Å². The van der Waals surface area contributed by atoms with Crippen molar-refractivity contribution in [1.82, 2.24) is 5.32 Å². The van der Waals surface area contributed by atoms with Crippen LogP contribution >= 0.6 is 22.7 Å². The molecule has 3 unspecified atom stereocenters. The Hall–Kier alpha value is -0.380. The van der Waals surface area contributed by atoms with Crippen molar-refractivity contribution in [2.75, 3.05) is 6.54 Å². The van der Waals surface area contributed by atoms with Crippen molar-refractivity contribution in [3.8, 4) is 0 Å². The highest BCUT2D eigenvalue weighted by Crippen LogP contribution is 2.43. The molecule has 0 radical (unpaired) electrons. The molecule has 20 heavy (non-hydrogen) atoms. The Labute approximate surface area is 130 Å². The minimum atomic E-state index is 0.565. The van der Waals surface area contributed by atoms with Crippen molar-refractivity contribution >= 4 is 32.1 Å². The maximum absolute atomic E-state index is 3.78. The van der Waals surface area contributed by atoms with Crippen molar-refractivity contribution in [1.29, 1.82) is 0 Å². The summed E-state index contributed by atoms with van der Waals surface area (Å²) in [5.41, 5.74) is 0. The number of nitrogens with one attached hydrogen (secondary N) is 1. The van der Waals surface area contributed by atoms with Crippen molar-refractivity contribution < 1.29 is 0 Å². The summed E-state index contributed by atoms with van der Waals surface area (Å²) in [5, 5.41) is 5.98. The van der Waals surface area contributed by atoms with E-state index in [0.29, 0.717) is 6.04 Å². The van der Waals surface area contributed by atoms with Crippen LogP contribution in [0.15, 0.2) is 17.5 Å². The van der Waals surface area contributed by atoms with E-state index in [1.165, 1.54) is 28.7 Å². The number of hydrogen-bond acceptors (Lipinski definition) is 3. The van der Waals surface area contributed by atoms with Gasteiger partial charge in [0.2, 0.25) is 0 Å². The van der Waals surface area contributed by atoms with Crippen LogP contribution in [0.2, 0.25) is 0 Å². The predicted molar refractivity (Wildman–Crippen MR) is 91.8 cm³/mol. The molecule has 1 aliphatic rings. The second-order valence-electron chi connectivity index (χ2n) is 6.51. The fourth-order valence-electron chi connectivity index (χ4n) is 3.94. The third kappa shape index (κ3) is 2.95. The highest BCUT2D eigenvalue weighted by molar-refractivity contribution is 7.26. The molecule has 2 heterocycles. The fourth-order valence-corrected chi connectivity index (χ4v) is 6.23. The first-order valence-electron chi connectivity index (χ1n) is 7.87. The second-order valence-corrected chi connectivity index (χ2v) is 8.57. The summed E-state index contributed by atoms with van der Waals surface area (Å²) >= 11 is 3.87. The topological polar surface area (TPSA) is 12.0 Å². The van der Waals surface area contributed by atoms with E-state index in [-0.39, 0.29) is 0 Å². The Morgan fingerprint density at radius 1 is 1.20 bits per heavy atom. The molecule has 3 atom stereocenters. The van der Waals surface area contributed by atoms with Crippen molar-refractivity contribution in [3.05, 3.63) is 22.4 Å². The van der Waals surface area contributed by atoms with Gasteiger partial charge in [-0.3, -0.25) is 0 Å². The molecule has 2 aromatic rings. The lowest BCUT2D eigenvalue weighted by molar-refractivity contribution is 0.179. The number of hydrogen-bond donors (Lipinski definition) is 1. The van der Waals surface area contributed by atoms with Gasteiger partial charge in [-0.2, -0.15) is 0 Å². The molecular weight excluding hydrogens is 282 g/mol. The molecule has 0 spiro atoms. The molecule has 0 aliphatic heterocycles. The molecule has 1 aliphatic carbocycles. The maximum Gasteiger partial charge on any atom is 0.0454 e. The summed E-state index contributed by atoms with van der Waals surface area (Å²) in [6, 6.07) is 5.26. The summed E-state index contributed by atoms with van der Waals surface area (Å²) in [6.07, 6.45) is 4.18. The van der Waals surface area contributed by atoms with Gasteiger partial charge < -0.3 is 5.32 Å². The van der Waals surface area contributed by atoms with Gasteiger partial charge in [0.05, 0.1) is 0 Å². The van der Waals surface area contributed by atoms with Gasteiger partial charge in [0.25, 0.3) is 0 Å². The zero-order valence-electron chi connectivity index (χ0n) is 12.7. The summed E-state index contributed by atoms with van der Waals surface area (Å²) < 4.78 is 2.93. The fraction of sp³-hybridized carbons (Fsp3) is 0.647. The monoisotopic (exact) mass is 307 g/mol. The molecule has 0 amide bonds. The Morgan fingerprint density at radius 3 is 2.60 bits per heavy atom. The van der Waals surface area contributed by atoms with E-state index in [1.54, 1.807) is 4.88 Å². The van der Waals surface area contributed by atoms with E-state index < -0.39 is 0 Å². The van der Waals surface area contributed by atoms with Gasteiger partial charge in [0.1, 0.15) is 0 Å². The number of rotatable bonds is 4. The summed E-state index contributed by atoms with van der Waals surface area (Å²) in [4.78, 5) is 1.56. The van der Waals surface area contributed by atoms with Crippen molar-refractivity contribution in [2.45, 2.75) is 46.1 Å². The largest absolute Gasteiger partial charge is 0.309 e. The molecule has 0 bridgehead atoms. The van der Waals surface area contributed by atoms with E-state index in [1.807, 2.05) is 22.7 Å². The lowest BCUT2D eigenvalue weighted by Gasteiger charge is -2.36. The van der Waals surface area contributed by atoms with Gasteiger partial charge >= 0.3 is 0 Å². The van der Waals surface area contributed by atoms with E-state index >= 15 is 0 Å². The lowest BCUT2D eigenvalue weighted by atomic mass is 9.73. The first kappa shape index (κ1) is 14.6. The Morgan fingerprint density at radius 2 is 1.95 bits per heavy atom. The van der Waals surface area contributed by atoms with Crippen LogP contribution in [0.4, 0.5) is 0 Å². The van der Waals surface area contributed by atoms with Gasteiger partial charge in [-0.05, 0) is 61.1 Å². The molecule has 1 fully saturated rings. The van der Waals surface area contributed by atoms with Crippen LogP contribution in [0, 0.1) is 17.8 Å². The Balaban J connectivity index is 1.86. The normalized spacial score (nSPS) is 28.9. The average molecular weight is 308 g/mol. The van der Waals surface area contributed by atoms with Crippen LogP contribution in [0.25, 0.3) is 9.40 Å². The SMILES string of the molecule is CCNC(c1cc2sccc2s1)C1CC(C)CC(C)C1. The van der Waals surface area contributed by atoms with E-state index in [0.717, 1.165) is 24.3 Å². The number of thiophene rings is 2. The minimum absolute atomic E-state index is 0.565. The van der Waals surface area contributed by atoms with Crippen LogP contribution in [-0.4, -0.2) is 6.54 Å². The molecule has 110 valence electrons. The first-order valence-corrected chi connectivity index (χ1v) is 9.57. The predicted octanol–water partition coefficient (Wildman–Crippen LogP) is 5.69. The zero-order valence-corrected chi connectivity index (χ0v) is 14.3.